The minimum Gasteiger partial charge on any atom is -0.345 e. The first-order valence-corrected chi connectivity index (χ1v) is 5.24. The molecule has 0 unspecified atom stereocenters. The number of aromatic nitrogens is 3. The molecule has 0 saturated carbocycles. The standard InChI is InChI=1S/C11H9F3N4O/c1-18-5-16-9(17-18)4-15-11(19)6-2-7(12)10(14)8(13)3-6/h2-3,5H,4H2,1H3,(H,15,19). The van der Waals surface area contributed by atoms with Crippen molar-refractivity contribution in [2.45, 2.75) is 6.54 Å². The molecule has 0 spiro atoms. The Bertz CT molecular complexity index is 603. The van der Waals surface area contributed by atoms with Crippen LogP contribution in [0, 0.1) is 17.5 Å². The van der Waals surface area contributed by atoms with E-state index in [-0.39, 0.29) is 12.1 Å². The molecule has 0 atom stereocenters. The highest BCUT2D eigenvalue weighted by Crippen LogP contribution is 2.13. The van der Waals surface area contributed by atoms with Crippen molar-refractivity contribution in [1.82, 2.24) is 20.1 Å². The lowest BCUT2D eigenvalue weighted by molar-refractivity contribution is 0.0948. The first-order valence-electron chi connectivity index (χ1n) is 5.24. The van der Waals surface area contributed by atoms with E-state index in [2.05, 4.69) is 15.4 Å². The average molecular weight is 270 g/mol. The van der Waals surface area contributed by atoms with Gasteiger partial charge in [0.1, 0.15) is 6.33 Å². The largest absolute Gasteiger partial charge is 0.345 e. The summed E-state index contributed by atoms with van der Waals surface area (Å²) in [6.07, 6.45) is 1.44. The smallest absolute Gasteiger partial charge is 0.251 e. The molecule has 0 bridgehead atoms. The molecule has 2 aromatic rings. The number of amides is 1. The summed E-state index contributed by atoms with van der Waals surface area (Å²) in [5.41, 5.74) is -0.313. The predicted molar refractivity (Wildman–Crippen MR) is 58.5 cm³/mol. The molecule has 1 N–H and O–H groups in total. The highest BCUT2D eigenvalue weighted by molar-refractivity contribution is 5.94. The molecule has 2 rings (SSSR count). The fourth-order valence-electron chi connectivity index (χ4n) is 1.41. The van der Waals surface area contributed by atoms with Crippen molar-refractivity contribution in [2.75, 3.05) is 0 Å². The molecule has 0 aliphatic heterocycles. The van der Waals surface area contributed by atoms with Gasteiger partial charge in [0.25, 0.3) is 5.91 Å². The molecule has 1 aromatic heterocycles. The Morgan fingerprint density at radius 3 is 2.47 bits per heavy atom. The van der Waals surface area contributed by atoms with E-state index in [0.717, 1.165) is 0 Å². The van der Waals surface area contributed by atoms with Gasteiger partial charge in [0.2, 0.25) is 0 Å². The molecule has 19 heavy (non-hydrogen) atoms. The number of hydrogen-bond acceptors (Lipinski definition) is 3. The van der Waals surface area contributed by atoms with Crippen LogP contribution in [0.1, 0.15) is 16.2 Å². The van der Waals surface area contributed by atoms with E-state index in [1.54, 1.807) is 7.05 Å². The zero-order valence-electron chi connectivity index (χ0n) is 9.82. The van der Waals surface area contributed by atoms with Crippen LogP contribution in [0.25, 0.3) is 0 Å². The highest BCUT2D eigenvalue weighted by Gasteiger charge is 2.15. The zero-order valence-corrected chi connectivity index (χ0v) is 9.82. The van der Waals surface area contributed by atoms with E-state index in [1.807, 2.05) is 0 Å². The summed E-state index contributed by atoms with van der Waals surface area (Å²) < 4.78 is 40.1. The van der Waals surface area contributed by atoms with Crippen LogP contribution in [0.3, 0.4) is 0 Å². The molecule has 100 valence electrons. The number of benzene rings is 1. The van der Waals surface area contributed by atoms with E-state index in [4.69, 9.17) is 0 Å². The van der Waals surface area contributed by atoms with E-state index >= 15 is 0 Å². The van der Waals surface area contributed by atoms with Gasteiger partial charge in [0.05, 0.1) is 6.54 Å². The Hall–Kier alpha value is -2.38. The zero-order chi connectivity index (χ0) is 14.0. The second-order valence-corrected chi connectivity index (χ2v) is 3.77. The number of aryl methyl sites for hydroxylation is 1. The molecule has 0 fully saturated rings. The lowest BCUT2D eigenvalue weighted by atomic mass is 10.2. The lowest BCUT2D eigenvalue weighted by Gasteiger charge is -2.04. The predicted octanol–water partition coefficient (Wildman–Crippen LogP) is 1.16. The molecular formula is C11H9F3N4O. The van der Waals surface area contributed by atoms with Gasteiger partial charge in [-0.25, -0.2) is 18.2 Å². The first kappa shape index (κ1) is 13.1. The van der Waals surface area contributed by atoms with Crippen molar-refractivity contribution in [2.24, 2.45) is 7.05 Å². The minimum atomic E-state index is -1.61. The third-order valence-corrected chi connectivity index (χ3v) is 2.30. The van der Waals surface area contributed by atoms with Crippen molar-refractivity contribution in [1.29, 1.82) is 0 Å². The normalized spacial score (nSPS) is 10.5. The van der Waals surface area contributed by atoms with Crippen LogP contribution in [0.4, 0.5) is 13.2 Å². The van der Waals surface area contributed by atoms with Crippen molar-refractivity contribution in [3.63, 3.8) is 0 Å². The number of carbonyl (C=O) groups is 1. The van der Waals surface area contributed by atoms with Gasteiger partial charge in [-0.2, -0.15) is 5.10 Å². The van der Waals surface area contributed by atoms with Crippen LogP contribution < -0.4 is 5.32 Å². The Morgan fingerprint density at radius 2 is 1.95 bits per heavy atom. The van der Waals surface area contributed by atoms with Gasteiger partial charge >= 0.3 is 0 Å². The SMILES string of the molecule is Cn1cnc(CNC(=O)c2cc(F)c(F)c(F)c2)n1. The van der Waals surface area contributed by atoms with Gasteiger partial charge in [-0.3, -0.25) is 9.48 Å². The maximum Gasteiger partial charge on any atom is 0.251 e. The number of rotatable bonds is 3. The minimum absolute atomic E-state index is 0.000286. The van der Waals surface area contributed by atoms with Crippen molar-refractivity contribution < 1.29 is 18.0 Å². The molecule has 1 aromatic carbocycles. The maximum atomic E-state index is 12.9. The summed E-state index contributed by atoms with van der Waals surface area (Å²) in [5.74, 6) is -4.84. The Kier molecular flexibility index (Phi) is 3.50. The summed E-state index contributed by atoms with van der Waals surface area (Å²) in [6.45, 7) is 0.000286. The second kappa shape index (κ2) is 5.09. The van der Waals surface area contributed by atoms with Gasteiger partial charge in [-0.1, -0.05) is 0 Å². The van der Waals surface area contributed by atoms with E-state index in [1.165, 1.54) is 11.0 Å². The molecule has 0 saturated heterocycles. The summed E-state index contributed by atoms with van der Waals surface area (Å²) in [7, 11) is 1.66. The molecule has 1 amide bonds. The monoisotopic (exact) mass is 270 g/mol. The fraction of sp³-hybridized carbons (Fsp3) is 0.182. The highest BCUT2D eigenvalue weighted by atomic mass is 19.2. The van der Waals surface area contributed by atoms with Crippen LogP contribution >= 0.6 is 0 Å². The van der Waals surface area contributed by atoms with Gasteiger partial charge in [-0.15, -0.1) is 0 Å². The average Bonchev–Trinajstić information content (AvgIpc) is 2.78. The second-order valence-electron chi connectivity index (χ2n) is 3.77. The number of nitrogens with one attached hydrogen (secondary N) is 1. The first-order chi connectivity index (χ1) is 8.97. The van der Waals surface area contributed by atoms with Gasteiger partial charge < -0.3 is 5.32 Å². The van der Waals surface area contributed by atoms with Gasteiger partial charge in [0.15, 0.2) is 23.3 Å². The maximum absolute atomic E-state index is 12.9. The number of halogens is 3. The molecule has 0 aliphatic rings. The summed E-state index contributed by atoms with van der Waals surface area (Å²) >= 11 is 0. The molecule has 1 heterocycles. The summed E-state index contributed by atoms with van der Waals surface area (Å²) in [6, 6.07) is 1.25. The quantitative estimate of drug-likeness (QED) is 0.851. The topological polar surface area (TPSA) is 59.8 Å². The fourth-order valence-corrected chi connectivity index (χ4v) is 1.41. The molecule has 5 nitrogen and oxygen atoms in total. The molecule has 8 heteroatoms. The van der Waals surface area contributed by atoms with Crippen LogP contribution in [0.15, 0.2) is 18.5 Å². The van der Waals surface area contributed by atoms with Crippen LogP contribution in [0.5, 0.6) is 0 Å². The van der Waals surface area contributed by atoms with Crippen LogP contribution in [-0.2, 0) is 13.6 Å². The van der Waals surface area contributed by atoms with Crippen molar-refractivity contribution >= 4 is 5.91 Å². The molecule has 0 radical (unpaired) electrons. The molecular weight excluding hydrogens is 261 g/mol. The number of nitrogens with zero attached hydrogens (tertiary/aromatic N) is 3. The van der Waals surface area contributed by atoms with E-state index in [9.17, 15) is 18.0 Å². The van der Waals surface area contributed by atoms with Crippen molar-refractivity contribution in [3.05, 3.63) is 47.3 Å². The lowest BCUT2D eigenvalue weighted by Crippen LogP contribution is -2.24. The number of carbonyl (C=O) groups excluding carboxylic acids is 1. The van der Waals surface area contributed by atoms with E-state index < -0.39 is 23.4 Å². The van der Waals surface area contributed by atoms with E-state index in [0.29, 0.717) is 18.0 Å². The summed E-state index contributed by atoms with van der Waals surface area (Å²) in [4.78, 5) is 15.5. The van der Waals surface area contributed by atoms with Crippen molar-refractivity contribution in [3.8, 4) is 0 Å². The molecule has 0 aliphatic carbocycles. The third kappa shape index (κ3) is 2.90. The van der Waals surface area contributed by atoms with Crippen LogP contribution in [-0.4, -0.2) is 20.7 Å². The van der Waals surface area contributed by atoms with Gasteiger partial charge in [0, 0.05) is 12.6 Å². The van der Waals surface area contributed by atoms with Crippen LogP contribution in [0.2, 0.25) is 0 Å². The number of hydrogen-bond donors (Lipinski definition) is 1. The van der Waals surface area contributed by atoms with Gasteiger partial charge in [-0.05, 0) is 12.1 Å². The Morgan fingerprint density at radius 1 is 1.32 bits per heavy atom. The Balaban J connectivity index is 2.08. The summed E-state index contributed by atoms with van der Waals surface area (Å²) in [5, 5.41) is 6.28. The Labute approximate surface area is 106 Å². The third-order valence-electron chi connectivity index (χ3n) is 2.30.